The summed E-state index contributed by atoms with van der Waals surface area (Å²) in [6, 6.07) is 19.7. The first-order valence-electron chi connectivity index (χ1n) is 7.71. The molecule has 1 N–H and O–H groups in total. The van der Waals surface area contributed by atoms with Crippen LogP contribution in [0.25, 0.3) is 22.0 Å². The van der Waals surface area contributed by atoms with Crippen LogP contribution >= 0.6 is 11.3 Å². The molecule has 0 saturated carbocycles. The van der Waals surface area contributed by atoms with Crippen molar-refractivity contribution < 1.29 is 9.18 Å². The van der Waals surface area contributed by atoms with Crippen molar-refractivity contribution in [3.8, 4) is 11.3 Å². The van der Waals surface area contributed by atoms with Gasteiger partial charge in [0.15, 0.2) is 5.13 Å². The lowest BCUT2D eigenvalue weighted by molar-refractivity contribution is 0.102. The fourth-order valence-electron chi connectivity index (χ4n) is 2.58. The average Bonchev–Trinajstić information content (AvgIpc) is 3.10. The molecule has 1 amide bonds. The van der Waals surface area contributed by atoms with Crippen molar-refractivity contribution in [1.82, 2.24) is 4.98 Å². The van der Waals surface area contributed by atoms with Crippen molar-refractivity contribution in [2.75, 3.05) is 5.32 Å². The van der Waals surface area contributed by atoms with E-state index in [0.717, 1.165) is 16.6 Å². The molecule has 1 heterocycles. The monoisotopic (exact) mass is 348 g/mol. The summed E-state index contributed by atoms with van der Waals surface area (Å²) >= 11 is 1.36. The fraction of sp³-hybridized carbons (Fsp3) is 0. The summed E-state index contributed by atoms with van der Waals surface area (Å²) in [4.78, 5) is 16.7. The molecule has 25 heavy (non-hydrogen) atoms. The minimum absolute atomic E-state index is 0.306. The zero-order chi connectivity index (χ0) is 17.2. The summed E-state index contributed by atoms with van der Waals surface area (Å²) < 4.78 is 12.9. The minimum Gasteiger partial charge on any atom is -0.298 e. The molecule has 0 saturated heterocycles. The third kappa shape index (κ3) is 3.27. The Bertz CT molecular complexity index is 1060. The maximum absolute atomic E-state index is 12.9. The molecular formula is C20H13FN2OS. The number of hydrogen-bond donors (Lipinski definition) is 1. The van der Waals surface area contributed by atoms with Crippen LogP contribution in [-0.4, -0.2) is 10.9 Å². The first-order valence-corrected chi connectivity index (χ1v) is 8.59. The lowest BCUT2D eigenvalue weighted by atomic mass is 10.1. The van der Waals surface area contributed by atoms with Gasteiger partial charge in [0.25, 0.3) is 5.91 Å². The largest absolute Gasteiger partial charge is 0.298 e. The molecule has 0 atom stereocenters. The summed E-state index contributed by atoms with van der Waals surface area (Å²) in [5.74, 6) is -0.677. The zero-order valence-corrected chi connectivity index (χ0v) is 13.9. The summed E-state index contributed by atoms with van der Waals surface area (Å²) in [5, 5.41) is 7.49. The van der Waals surface area contributed by atoms with E-state index in [0.29, 0.717) is 10.7 Å². The first kappa shape index (κ1) is 15.5. The highest BCUT2D eigenvalue weighted by Gasteiger charge is 2.10. The van der Waals surface area contributed by atoms with E-state index in [4.69, 9.17) is 0 Å². The average molecular weight is 348 g/mol. The minimum atomic E-state index is -0.371. The van der Waals surface area contributed by atoms with Gasteiger partial charge in [-0.3, -0.25) is 10.1 Å². The summed E-state index contributed by atoms with van der Waals surface area (Å²) in [6.07, 6.45) is 0. The number of nitrogens with zero attached hydrogens (tertiary/aromatic N) is 1. The number of thiazole rings is 1. The highest BCUT2D eigenvalue weighted by Crippen LogP contribution is 2.28. The second kappa shape index (κ2) is 6.45. The number of halogens is 1. The highest BCUT2D eigenvalue weighted by atomic mass is 32.1. The van der Waals surface area contributed by atoms with Crippen LogP contribution in [0.4, 0.5) is 9.52 Å². The Hall–Kier alpha value is -3.05. The molecule has 3 aromatic carbocycles. The number of nitrogens with one attached hydrogen (secondary N) is 1. The predicted octanol–water partition coefficient (Wildman–Crippen LogP) is 5.35. The molecule has 0 aliphatic carbocycles. The van der Waals surface area contributed by atoms with Crippen LogP contribution in [0.3, 0.4) is 0 Å². The number of fused-ring (bicyclic) bond motifs is 1. The van der Waals surface area contributed by atoms with E-state index in [1.165, 1.54) is 41.0 Å². The van der Waals surface area contributed by atoms with Gasteiger partial charge in [-0.05, 0) is 41.1 Å². The number of benzene rings is 3. The Balaban J connectivity index is 1.56. The van der Waals surface area contributed by atoms with E-state index in [-0.39, 0.29) is 11.7 Å². The van der Waals surface area contributed by atoms with Crippen LogP contribution < -0.4 is 5.32 Å². The van der Waals surface area contributed by atoms with E-state index in [2.05, 4.69) is 34.6 Å². The second-order valence-electron chi connectivity index (χ2n) is 5.56. The number of anilines is 1. The van der Waals surface area contributed by atoms with Crippen LogP contribution in [-0.2, 0) is 0 Å². The van der Waals surface area contributed by atoms with Gasteiger partial charge in [0.1, 0.15) is 5.82 Å². The summed E-state index contributed by atoms with van der Waals surface area (Å²) in [7, 11) is 0. The third-order valence-corrected chi connectivity index (χ3v) is 4.63. The Kier molecular flexibility index (Phi) is 3.99. The van der Waals surface area contributed by atoms with E-state index < -0.39 is 0 Å². The molecular weight excluding hydrogens is 335 g/mol. The van der Waals surface area contributed by atoms with Crippen molar-refractivity contribution in [2.45, 2.75) is 0 Å². The molecule has 4 aromatic rings. The lowest BCUT2D eigenvalue weighted by Gasteiger charge is -2.02. The van der Waals surface area contributed by atoms with Gasteiger partial charge in [-0.25, -0.2) is 9.37 Å². The van der Waals surface area contributed by atoms with Gasteiger partial charge in [-0.1, -0.05) is 36.4 Å². The third-order valence-electron chi connectivity index (χ3n) is 3.88. The van der Waals surface area contributed by atoms with Crippen LogP contribution in [0.15, 0.2) is 72.1 Å². The molecule has 0 radical (unpaired) electrons. The number of carbonyl (C=O) groups excluding carboxylic acids is 1. The number of rotatable bonds is 3. The smallest absolute Gasteiger partial charge is 0.257 e. The Labute approximate surface area is 147 Å². The van der Waals surface area contributed by atoms with Gasteiger partial charge >= 0.3 is 0 Å². The quantitative estimate of drug-likeness (QED) is 0.542. The van der Waals surface area contributed by atoms with Crippen LogP contribution in [0.5, 0.6) is 0 Å². The SMILES string of the molecule is O=C(Nc1nc(-c2ccc3ccccc3c2)cs1)c1ccc(F)cc1. The number of aromatic nitrogens is 1. The molecule has 0 spiro atoms. The molecule has 0 aliphatic rings. The number of hydrogen-bond acceptors (Lipinski definition) is 3. The van der Waals surface area contributed by atoms with Gasteiger partial charge in [-0.15, -0.1) is 11.3 Å². The van der Waals surface area contributed by atoms with Crippen LogP contribution in [0, 0.1) is 5.82 Å². The standard InChI is InChI=1S/C20H13FN2OS/c21-17-9-7-14(8-10-17)19(24)23-20-22-18(12-25-20)16-6-5-13-3-1-2-4-15(13)11-16/h1-12H,(H,22,23,24). The molecule has 3 nitrogen and oxygen atoms in total. The van der Waals surface area contributed by atoms with Gasteiger partial charge in [0.05, 0.1) is 5.69 Å². The van der Waals surface area contributed by atoms with Crippen molar-refractivity contribution in [3.05, 3.63) is 83.5 Å². The lowest BCUT2D eigenvalue weighted by Crippen LogP contribution is -2.11. The predicted molar refractivity (Wildman–Crippen MR) is 99.4 cm³/mol. The van der Waals surface area contributed by atoms with Gasteiger partial charge < -0.3 is 0 Å². The first-order chi connectivity index (χ1) is 12.2. The Morgan fingerprint density at radius 2 is 1.72 bits per heavy atom. The summed E-state index contributed by atoms with van der Waals surface area (Å²) in [5.41, 5.74) is 2.20. The van der Waals surface area contributed by atoms with Crippen molar-refractivity contribution >= 4 is 33.1 Å². The van der Waals surface area contributed by atoms with Gasteiger partial charge in [0.2, 0.25) is 0 Å². The number of carbonyl (C=O) groups is 1. The van der Waals surface area contributed by atoms with Crippen LogP contribution in [0.2, 0.25) is 0 Å². The molecule has 1 aromatic heterocycles. The number of amides is 1. The highest BCUT2D eigenvalue weighted by molar-refractivity contribution is 7.14. The topological polar surface area (TPSA) is 42.0 Å². The Morgan fingerprint density at radius 3 is 2.52 bits per heavy atom. The molecule has 0 unspecified atom stereocenters. The van der Waals surface area contributed by atoms with E-state index in [1.807, 2.05) is 23.6 Å². The van der Waals surface area contributed by atoms with Crippen molar-refractivity contribution in [1.29, 1.82) is 0 Å². The van der Waals surface area contributed by atoms with Gasteiger partial charge in [0, 0.05) is 16.5 Å². The van der Waals surface area contributed by atoms with Crippen molar-refractivity contribution in [2.24, 2.45) is 0 Å². The molecule has 0 fully saturated rings. The normalized spacial score (nSPS) is 10.8. The van der Waals surface area contributed by atoms with E-state index in [9.17, 15) is 9.18 Å². The van der Waals surface area contributed by atoms with Crippen molar-refractivity contribution in [3.63, 3.8) is 0 Å². The maximum atomic E-state index is 12.9. The van der Waals surface area contributed by atoms with Crippen LogP contribution in [0.1, 0.15) is 10.4 Å². The summed E-state index contributed by atoms with van der Waals surface area (Å²) in [6.45, 7) is 0. The van der Waals surface area contributed by atoms with E-state index in [1.54, 1.807) is 0 Å². The maximum Gasteiger partial charge on any atom is 0.257 e. The zero-order valence-electron chi connectivity index (χ0n) is 13.1. The molecule has 122 valence electrons. The Morgan fingerprint density at radius 1 is 0.960 bits per heavy atom. The van der Waals surface area contributed by atoms with Gasteiger partial charge in [-0.2, -0.15) is 0 Å². The second-order valence-corrected chi connectivity index (χ2v) is 6.42. The molecule has 5 heteroatoms. The molecule has 0 bridgehead atoms. The van der Waals surface area contributed by atoms with E-state index >= 15 is 0 Å². The molecule has 0 aliphatic heterocycles. The fourth-order valence-corrected chi connectivity index (χ4v) is 3.30. The molecule has 4 rings (SSSR count).